The number of aromatic amines is 1. The average Bonchev–Trinajstić information content (AvgIpc) is 3.04. The standard InChI is InChI=1S/C14H22N4O/c1-9(14(2)5-6-14)18(3)13(19)12-10-8-15-7-4-11(10)16-17-12/h9,15H,4-8H2,1-3H3,(H,16,17). The van der Waals surface area contributed by atoms with Crippen molar-refractivity contribution in [1.29, 1.82) is 0 Å². The van der Waals surface area contributed by atoms with Gasteiger partial charge in [0.25, 0.3) is 5.91 Å². The number of hydrogen-bond donors (Lipinski definition) is 2. The van der Waals surface area contributed by atoms with E-state index in [1.807, 2.05) is 11.9 Å². The molecule has 104 valence electrons. The molecule has 2 N–H and O–H groups in total. The van der Waals surface area contributed by atoms with E-state index in [4.69, 9.17) is 0 Å². The van der Waals surface area contributed by atoms with Gasteiger partial charge in [-0.1, -0.05) is 6.92 Å². The van der Waals surface area contributed by atoms with Crippen LogP contribution in [0.25, 0.3) is 0 Å². The van der Waals surface area contributed by atoms with E-state index in [9.17, 15) is 4.79 Å². The zero-order valence-electron chi connectivity index (χ0n) is 11.9. The molecule has 1 aliphatic heterocycles. The van der Waals surface area contributed by atoms with Crippen LogP contribution in [0.15, 0.2) is 0 Å². The van der Waals surface area contributed by atoms with Gasteiger partial charge >= 0.3 is 0 Å². The highest BCUT2D eigenvalue weighted by atomic mass is 16.2. The highest BCUT2D eigenvalue weighted by molar-refractivity contribution is 5.94. The fourth-order valence-corrected chi connectivity index (χ4v) is 2.83. The lowest BCUT2D eigenvalue weighted by Gasteiger charge is -2.30. The Balaban J connectivity index is 1.82. The summed E-state index contributed by atoms with van der Waals surface area (Å²) in [5.74, 6) is 0.0434. The number of carbonyl (C=O) groups is 1. The van der Waals surface area contributed by atoms with E-state index < -0.39 is 0 Å². The third-order valence-corrected chi connectivity index (χ3v) is 4.96. The second kappa shape index (κ2) is 4.34. The molecule has 1 aromatic rings. The summed E-state index contributed by atoms with van der Waals surface area (Å²) in [6.45, 7) is 6.09. The van der Waals surface area contributed by atoms with Gasteiger partial charge in [0.2, 0.25) is 0 Å². The maximum absolute atomic E-state index is 12.6. The number of nitrogens with zero attached hydrogens (tertiary/aromatic N) is 2. The second-order valence-electron chi connectivity index (χ2n) is 6.20. The Morgan fingerprint density at radius 1 is 1.47 bits per heavy atom. The first kappa shape index (κ1) is 12.7. The van der Waals surface area contributed by atoms with Crippen LogP contribution in [-0.4, -0.2) is 40.6 Å². The molecule has 3 rings (SSSR count). The zero-order valence-corrected chi connectivity index (χ0v) is 11.9. The number of amides is 1. The largest absolute Gasteiger partial charge is 0.337 e. The lowest BCUT2D eigenvalue weighted by atomic mass is 9.98. The lowest BCUT2D eigenvalue weighted by Crippen LogP contribution is -2.40. The monoisotopic (exact) mass is 262 g/mol. The molecular formula is C14H22N4O. The normalized spacial score (nSPS) is 21.6. The molecule has 1 unspecified atom stereocenters. The summed E-state index contributed by atoms with van der Waals surface area (Å²) in [4.78, 5) is 14.5. The number of rotatable bonds is 3. The molecule has 0 saturated heterocycles. The van der Waals surface area contributed by atoms with Crippen molar-refractivity contribution in [2.75, 3.05) is 13.6 Å². The van der Waals surface area contributed by atoms with E-state index in [-0.39, 0.29) is 11.9 Å². The Bertz CT molecular complexity index is 504. The number of fused-ring (bicyclic) bond motifs is 1. The fraction of sp³-hybridized carbons (Fsp3) is 0.714. The molecule has 5 nitrogen and oxygen atoms in total. The Morgan fingerprint density at radius 2 is 2.21 bits per heavy atom. The smallest absolute Gasteiger partial charge is 0.274 e. The van der Waals surface area contributed by atoms with E-state index in [0.29, 0.717) is 11.1 Å². The average molecular weight is 262 g/mol. The van der Waals surface area contributed by atoms with Gasteiger partial charge in [-0.15, -0.1) is 0 Å². The minimum Gasteiger partial charge on any atom is -0.337 e. The molecule has 1 aliphatic carbocycles. The van der Waals surface area contributed by atoms with E-state index in [0.717, 1.165) is 30.8 Å². The Kier molecular flexibility index (Phi) is 2.89. The molecule has 0 bridgehead atoms. The SMILES string of the molecule is CC(N(C)C(=O)c1n[nH]c2c1CNCC2)C1(C)CC1. The quantitative estimate of drug-likeness (QED) is 0.863. The van der Waals surface area contributed by atoms with Gasteiger partial charge in [-0.05, 0) is 25.2 Å². The van der Waals surface area contributed by atoms with Crippen molar-refractivity contribution < 1.29 is 4.79 Å². The number of nitrogens with one attached hydrogen (secondary N) is 2. The van der Waals surface area contributed by atoms with Gasteiger partial charge in [-0.2, -0.15) is 5.10 Å². The van der Waals surface area contributed by atoms with Gasteiger partial charge in [0.1, 0.15) is 0 Å². The summed E-state index contributed by atoms with van der Waals surface area (Å²) in [5, 5.41) is 10.6. The summed E-state index contributed by atoms with van der Waals surface area (Å²) in [6.07, 6.45) is 3.35. The third kappa shape index (κ3) is 2.06. The van der Waals surface area contributed by atoms with Gasteiger partial charge in [0, 0.05) is 43.9 Å². The van der Waals surface area contributed by atoms with Crippen LogP contribution in [0, 0.1) is 5.41 Å². The highest BCUT2D eigenvalue weighted by Gasteiger charge is 2.45. The van der Waals surface area contributed by atoms with Crippen molar-refractivity contribution in [2.24, 2.45) is 5.41 Å². The molecule has 19 heavy (non-hydrogen) atoms. The minimum atomic E-state index is 0.0434. The molecule has 0 radical (unpaired) electrons. The molecule has 0 spiro atoms. The predicted molar refractivity (Wildman–Crippen MR) is 72.9 cm³/mol. The zero-order chi connectivity index (χ0) is 13.6. The summed E-state index contributed by atoms with van der Waals surface area (Å²) in [7, 11) is 1.90. The van der Waals surface area contributed by atoms with Crippen LogP contribution in [0.1, 0.15) is 48.4 Å². The maximum atomic E-state index is 12.6. The second-order valence-corrected chi connectivity index (χ2v) is 6.20. The van der Waals surface area contributed by atoms with E-state index in [1.54, 1.807) is 0 Å². The number of H-pyrrole nitrogens is 1. The van der Waals surface area contributed by atoms with Crippen molar-refractivity contribution in [2.45, 2.75) is 45.7 Å². The Morgan fingerprint density at radius 3 is 2.89 bits per heavy atom. The van der Waals surface area contributed by atoms with Crippen molar-refractivity contribution in [1.82, 2.24) is 20.4 Å². The summed E-state index contributed by atoms with van der Waals surface area (Å²) in [6, 6.07) is 0.267. The molecule has 5 heteroatoms. The number of carbonyl (C=O) groups excluding carboxylic acids is 1. The molecule has 1 fully saturated rings. The van der Waals surface area contributed by atoms with Crippen LogP contribution in [0.2, 0.25) is 0 Å². The molecule has 2 aliphatic rings. The van der Waals surface area contributed by atoms with Crippen molar-refractivity contribution in [3.8, 4) is 0 Å². The molecule has 0 aromatic carbocycles. The van der Waals surface area contributed by atoms with Crippen molar-refractivity contribution >= 4 is 5.91 Å². The fourth-order valence-electron chi connectivity index (χ4n) is 2.83. The number of hydrogen-bond acceptors (Lipinski definition) is 3. The summed E-state index contributed by atoms with van der Waals surface area (Å²) >= 11 is 0. The van der Waals surface area contributed by atoms with Gasteiger partial charge in [-0.25, -0.2) is 0 Å². The van der Waals surface area contributed by atoms with Crippen LogP contribution in [0.4, 0.5) is 0 Å². The summed E-state index contributed by atoms with van der Waals surface area (Å²) in [5.41, 5.74) is 3.07. The first-order valence-corrected chi connectivity index (χ1v) is 7.07. The minimum absolute atomic E-state index is 0.0434. The van der Waals surface area contributed by atoms with Crippen molar-refractivity contribution in [3.05, 3.63) is 17.0 Å². The van der Waals surface area contributed by atoms with Crippen LogP contribution < -0.4 is 5.32 Å². The van der Waals surface area contributed by atoms with Gasteiger partial charge in [-0.3, -0.25) is 9.89 Å². The highest BCUT2D eigenvalue weighted by Crippen LogP contribution is 2.49. The van der Waals surface area contributed by atoms with Crippen LogP contribution in [0.3, 0.4) is 0 Å². The van der Waals surface area contributed by atoms with Crippen LogP contribution >= 0.6 is 0 Å². The van der Waals surface area contributed by atoms with Crippen molar-refractivity contribution in [3.63, 3.8) is 0 Å². The Hall–Kier alpha value is -1.36. The molecule has 1 amide bonds. The van der Waals surface area contributed by atoms with E-state index >= 15 is 0 Å². The number of aromatic nitrogens is 2. The maximum Gasteiger partial charge on any atom is 0.274 e. The van der Waals surface area contributed by atoms with Gasteiger partial charge < -0.3 is 10.2 Å². The predicted octanol–water partition coefficient (Wildman–Crippen LogP) is 1.32. The third-order valence-electron chi connectivity index (χ3n) is 4.96. The van der Waals surface area contributed by atoms with E-state index in [1.165, 1.54) is 12.8 Å². The van der Waals surface area contributed by atoms with Crippen LogP contribution in [0.5, 0.6) is 0 Å². The molecule has 2 heterocycles. The first-order valence-electron chi connectivity index (χ1n) is 7.07. The molecule has 1 saturated carbocycles. The Labute approximate surface area is 113 Å². The first-order chi connectivity index (χ1) is 9.03. The van der Waals surface area contributed by atoms with Gasteiger partial charge in [0.05, 0.1) is 0 Å². The van der Waals surface area contributed by atoms with Crippen LogP contribution in [-0.2, 0) is 13.0 Å². The van der Waals surface area contributed by atoms with E-state index in [2.05, 4.69) is 29.4 Å². The molecule has 1 aromatic heterocycles. The molecule has 1 atom stereocenters. The van der Waals surface area contributed by atoms with Gasteiger partial charge in [0.15, 0.2) is 5.69 Å². The topological polar surface area (TPSA) is 61.0 Å². The summed E-state index contributed by atoms with van der Waals surface area (Å²) < 4.78 is 0. The lowest BCUT2D eigenvalue weighted by molar-refractivity contribution is 0.0677. The molecular weight excluding hydrogens is 240 g/mol.